The van der Waals surface area contributed by atoms with Crippen molar-refractivity contribution < 1.29 is 14.7 Å². The highest BCUT2D eigenvalue weighted by Gasteiger charge is 2.19. The number of pyridine rings is 1. The smallest absolute Gasteiger partial charge is 0.335 e. The Hall–Kier alpha value is -2.40. The normalized spacial score (nSPS) is 11.8. The molecule has 1 atom stereocenters. The second-order valence-corrected chi connectivity index (χ2v) is 6.14. The van der Waals surface area contributed by atoms with Gasteiger partial charge in [-0.2, -0.15) is 0 Å². The van der Waals surface area contributed by atoms with Gasteiger partial charge < -0.3 is 10.0 Å². The largest absolute Gasteiger partial charge is 0.478 e. The molecule has 1 heterocycles. The summed E-state index contributed by atoms with van der Waals surface area (Å²) in [5.74, 6) is -1.04. The highest BCUT2D eigenvalue weighted by Crippen LogP contribution is 2.20. The zero-order valence-electron chi connectivity index (χ0n) is 13.8. The van der Waals surface area contributed by atoms with E-state index in [2.05, 4.69) is 4.98 Å². The lowest BCUT2D eigenvalue weighted by Crippen LogP contribution is -2.31. The maximum absolute atomic E-state index is 12.5. The molecule has 2 aromatic rings. The van der Waals surface area contributed by atoms with Gasteiger partial charge in [0.05, 0.1) is 28.7 Å². The molecule has 6 heteroatoms. The summed E-state index contributed by atoms with van der Waals surface area (Å²) in [6.07, 6.45) is 1.76. The molecule has 0 saturated heterocycles. The number of aromatic nitrogens is 1. The molecule has 0 fully saturated rings. The van der Waals surface area contributed by atoms with E-state index in [4.69, 9.17) is 16.7 Å². The second kappa shape index (κ2) is 7.45. The molecule has 1 amide bonds. The Balaban J connectivity index is 2.11. The SMILES string of the molecule is Cc1cc(C(=O)O)ccc1CC(=O)N(C)C(C)c1ccc(Cl)cn1. The number of rotatable bonds is 5. The molecule has 0 aliphatic carbocycles. The number of aromatic carboxylic acids is 1. The molecule has 1 N–H and O–H groups in total. The quantitative estimate of drug-likeness (QED) is 0.899. The van der Waals surface area contributed by atoms with E-state index in [0.29, 0.717) is 5.02 Å². The predicted octanol–water partition coefficient (Wildman–Crippen LogP) is 3.50. The Bertz CT molecular complexity index is 759. The van der Waals surface area contributed by atoms with Crippen LogP contribution in [0, 0.1) is 6.92 Å². The van der Waals surface area contributed by atoms with Crippen molar-refractivity contribution in [3.63, 3.8) is 0 Å². The summed E-state index contributed by atoms with van der Waals surface area (Å²) in [5, 5.41) is 9.55. The summed E-state index contributed by atoms with van der Waals surface area (Å²) in [7, 11) is 1.73. The van der Waals surface area contributed by atoms with E-state index in [1.807, 2.05) is 6.92 Å². The van der Waals surface area contributed by atoms with Gasteiger partial charge in [0.25, 0.3) is 0 Å². The lowest BCUT2D eigenvalue weighted by Gasteiger charge is -2.25. The molecular formula is C18H19ClN2O3. The van der Waals surface area contributed by atoms with Crippen molar-refractivity contribution in [2.75, 3.05) is 7.05 Å². The number of aryl methyl sites for hydroxylation is 1. The second-order valence-electron chi connectivity index (χ2n) is 5.71. The average molecular weight is 347 g/mol. The van der Waals surface area contributed by atoms with Crippen LogP contribution in [0.4, 0.5) is 0 Å². The van der Waals surface area contributed by atoms with Crippen molar-refractivity contribution in [3.8, 4) is 0 Å². The van der Waals surface area contributed by atoms with E-state index < -0.39 is 5.97 Å². The summed E-state index contributed by atoms with van der Waals surface area (Å²) >= 11 is 5.83. The number of carbonyl (C=O) groups is 2. The molecule has 24 heavy (non-hydrogen) atoms. The Labute approximate surface area is 145 Å². The third kappa shape index (κ3) is 4.11. The molecule has 0 bridgehead atoms. The molecular weight excluding hydrogens is 328 g/mol. The number of amides is 1. The van der Waals surface area contributed by atoms with Crippen LogP contribution in [0.25, 0.3) is 0 Å². The van der Waals surface area contributed by atoms with E-state index >= 15 is 0 Å². The Morgan fingerprint density at radius 3 is 2.54 bits per heavy atom. The molecule has 1 aromatic heterocycles. The Morgan fingerprint density at radius 1 is 1.29 bits per heavy atom. The molecule has 2 rings (SSSR count). The molecule has 1 aromatic carbocycles. The third-order valence-electron chi connectivity index (χ3n) is 4.08. The van der Waals surface area contributed by atoms with Crippen molar-refractivity contribution in [1.29, 1.82) is 0 Å². The van der Waals surface area contributed by atoms with E-state index in [0.717, 1.165) is 16.8 Å². The van der Waals surface area contributed by atoms with E-state index in [-0.39, 0.29) is 23.9 Å². The number of carboxylic acids is 1. The first-order valence-corrected chi connectivity index (χ1v) is 7.87. The minimum absolute atomic E-state index is 0.0644. The van der Waals surface area contributed by atoms with E-state index in [1.165, 1.54) is 6.07 Å². The van der Waals surface area contributed by atoms with Crippen LogP contribution in [0.3, 0.4) is 0 Å². The third-order valence-corrected chi connectivity index (χ3v) is 4.31. The molecule has 126 valence electrons. The lowest BCUT2D eigenvalue weighted by atomic mass is 10.0. The van der Waals surface area contributed by atoms with Crippen molar-refractivity contribution in [3.05, 3.63) is 63.9 Å². The highest BCUT2D eigenvalue weighted by atomic mass is 35.5. The summed E-state index contributed by atoms with van der Waals surface area (Å²) in [4.78, 5) is 29.4. The zero-order chi connectivity index (χ0) is 17.9. The zero-order valence-corrected chi connectivity index (χ0v) is 14.5. The van der Waals surface area contributed by atoms with Crippen LogP contribution in [0.5, 0.6) is 0 Å². The van der Waals surface area contributed by atoms with Gasteiger partial charge in [0.2, 0.25) is 5.91 Å². The number of carbonyl (C=O) groups excluding carboxylic acids is 1. The summed E-state index contributed by atoms with van der Waals surface area (Å²) in [5.41, 5.74) is 2.58. The van der Waals surface area contributed by atoms with Crippen LogP contribution in [0.1, 0.15) is 40.1 Å². The highest BCUT2D eigenvalue weighted by molar-refractivity contribution is 6.30. The fourth-order valence-electron chi connectivity index (χ4n) is 2.36. The van der Waals surface area contributed by atoms with Crippen LogP contribution >= 0.6 is 11.6 Å². The minimum atomic E-state index is -0.976. The first kappa shape index (κ1) is 17.9. The number of hydrogen-bond donors (Lipinski definition) is 1. The maximum atomic E-state index is 12.5. The first-order valence-electron chi connectivity index (χ1n) is 7.49. The molecule has 0 radical (unpaired) electrons. The number of benzene rings is 1. The van der Waals surface area contributed by atoms with Gasteiger partial charge in [-0.25, -0.2) is 4.79 Å². The molecule has 0 aliphatic rings. The summed E-state index contributed by atoms with van der Waals surface area (Å²) in [6.45, 7) is 3.70. The van der Waals surface area contributed by atoms with Crippen LogP contribution in [0.2, 0.25) is 5.02 Å². The van der Waals surface area contributed by atoms with Gasteiger partial charge in [0, 0.05) is 13.2 Å². The van der Waals surface area contributed by atoms with E-state index in [9.17, 15) is 9.59 Å². The van der Waals surface area contributed by atoms with Crippen molar-refractivity contribution in [2.45, 2.75) is 26.3 Å². The van der Waals surface area contributed by atoms with Gasteiger partial charge in [0.15, 0.2) is 0 Å². The number of halogens is 1. The van der Waals surface area contributed by atoms with Gasteiger partial charge in [-0.05, 0) is 49.2 Å². The fourth-order valence-corrected chi connectivity index (χ4v) is 2.48. The van der Waals surface area contributed by atoms with Crippen LogP contribution < -0.4 is 0 Å². The van der Waals surface area contributed by atoms with Gasteiger partial charge >= 0.3 is 5.97 Å². The monoisotopic (exact) mass is 346 g/mol. The molecule has 0 spiro atoms. The van der Waals surface area contributed by atoms with Crippen LogP contribution in [0.15, 0.2) is 36.5 Å². The molecule has 0 saturated carbocycles. The number of likely N-dealkylation sites (N-methyl/N-ethyl adjacent to an activating group) is 1. The number of hydrogen-bond acceptors (Lipinski definition) is 3. The first-order chi connectivity index (χ1) is 11.3. The van der Waals surface area contributed by atoms with E-state index in [1.54, 1.807) is 49.3 Å². The molecule has 1 unspecified atom stereocenters. The van der Waals surface area contributed by atoms with Gasteiger partial charge in [-0.15, -0.1) is 0 Å². The van der Waals surface area contributed by atoms with Gasteiger partial charge in [-0.3, -0.25) is 9.78 Å². The standard InChI is InChI=1S/C18H19ClN2O3/c1-11-8-14(18(23)24)5-4-13(11)9-17(22)21(3)12(2)16-7-6-15(19)10-20-16/h4-8,10,12H,9H2,1-3H3,(H,23,24). The minimum Gasteiger partial charge on any atom is -0.478 e. The van der Waals surface area contributed by atoms with Gasteiger partial charge in [0.1, 0.15) is 0 Å². The average Bonchev–Trinajstić information content (AvgIpc) is 2.55. The molecule has 5 nitrogen and oxygen atoms in total. The van der Waals surface area contributed by atoms with Crippen LogP contribution in [-0.4, -0.2) is 33.9 Å². The molecule has 0 aliphatic heterocycles. The van der Waals surface area contributed by atoms with Crippen molar-refractivity contribution in [2.24, 2.45) is 0 Å². The van der Waals surface area contributed by atoms with Crippen molar-refractivity contribution in [1.82, 2.24) is 9.88 Å². The predicted molar refractivity (Wildman–Crippen MR) is 92.3 cm³/mol. The number of carboxylic acid groups (broad SMARTS) is 1. The fraction of sp³-hybridized carbons (Fsp3) is 0.278. The lowest BCUT2D eigenvalue weighted by molar-refractivity contribution is -0.131. The van der Waals surface area contributed by atoms with Crippen molar-refractivity contribution >= 4 is 23.5 Å². The Kier molecular flexibility index (Phi) is 5.57. The summed E-state index contributed by atoms with van der Waals surface area (Å²) in [6, 6.07) is 8.14. The van der Waals surface area contributed by atoms with Gasteiger partial charge in [-0.1, -0.05) is 17.7 Å². The Morgan fingerprint density at radius 2 is 2.00 bits per heavy atom. The maximum Gasteiger partial charge on any atom is 0.335 e. The van der Waals surface area contributed by atoms with Crippen LogP contribution in [-0.2, 0) is 11.2 Å². The topological polar surface area (TPSA) is 70.5 Å². The summed E-state index contributed by atoms with van der Waals surface area (Å²) < 4.78 is 0. The number of nitrogens with zero attached hydrogens (tertiary/aromatic N) is 2.